The van der Waals surface area contributed by atoms with Crippen LogP contribution in [0.3, 0.4) is 0 Å². The Morgan fingerprint density at radius 2 is 2.00 bits per heavy atom. The van der Waals surface area contributed by atoms with E-state index in [4.69, 9.17) is 0 Å². The zero-order chi connectivity index (χ0) is 18.7. The molecule has 1 aromatic carbocycles. The number of carbonyl (C=O) groups is 1. The first kappa shape index (κ1) is 17.7. The minimum absolute atomic E-state index is 0.198. The SMILES string of the molecule is CCc1nn(-c2ccccc2)c(NC(=O)N(C)Cc2nccn2C)c1C. The van der Waals surface area contributed by atoms with Gasteiger partial charge in [0.1, 0.15) is 11.6 Å². The second-order valence-corrected chi connectivity index (χ2v) is 6.26. The quantitative estimate of drug-likeness (QED) is 0.767. The number of aromatic nitrogens is 4. The van der Waals surface area contributed by atoms with Crippen LogP contribution in [0.25, 0.3) is 5.69 Å². The highest BCUT2D eigenvalue weighted by Crippen LogP contribution is 2.24. The molecule has 7 nitrogen and oxygen atoms in total. The third-order valence-corrected chi connectivity index (χ3v) is 4.43. The highest BCUT2D eigenvalue weighted by atomic mass is 16.2. The number of aryl methyl sites for hydroxylation is 2. The Kier molecular flexibility index (Phi) is 5.06. The Bertz CT molecular complexity index is 896. The molecule has 1 N–H and O–H groups in total. The normalized spacial score (nSPS) is 10.8. The highest BCUT2D eigenvalue weighted by Gasteiger charge is 2.19. The van der Waals surface area contributed by atoms with Gasteiger partial charge >= 0.3 is 6.03 Å². The third kappa shape index (κ3) is 3.46. The molecule has 0 saturated carbocycles. The van der Waals surface area contributed by atoms with Crippen LogP contribution in [0.2, 0.25) is 0 Å². The number of hydrogen-bond donors (Lipinski definition) is 1. The first-order valence-electron chi connectivity index (χ1n) is 8.63. The molecule has 2 aromatic heterocycles. The minimum atomic E-state index is -0.198. The summed E-state index contributed by atoms with van der Waals surface area (Å²) in [7, 11) is 3.67. The Morgan fingerprint density at radius 1 is 1.27 bits per heavy atom. The van der Waals surface area contributed by atoms with E-state index in [1.807, 2.05) is 55.1 Å². The second-order valence-electron chi connectivity index (χ2n) is 6.26. The molecule has 0 unspecified atom stereocenters. The molecule has 7 heteroatoms. The van der Waals surface area contributed by atoms with Crippen molar-refractivity contribution in [3.8, 4) is 5.69 Å². The molecular formula is C19H24N6O. The summed E-state index contributed by atoms with van der Waals surface area (Å²) in [5.41, 5.74) is 2.86. The number of hydrogen-bond acceptors (Lipinski definition) is 3. The smallest absolute Gasteiger partial charge is 0.323 e. The lowest BCUT2D eigenvalue weighted by Gasteiger charge is -2.18. The molecule has 0 spiro atoms. The fourth-order valence-electron chi connectivity index (χ4n) is 2.81. The molecule has 0 aliphatic rings. The molecule has 0 fully saturated rings. The predicted octanol–water partition coefficient (Wildman–Crippen LogP) is 3.14. The lowest BCUT2D eigenvalue weighted by Crippen LogP contribution is -2.32. The molecule has 2 amide bonds. The maximum absolute atomic E-state index is 12.7. The number of benzene rings is 1. The highest BCUT2D eigenvalue weighted by molar-refractivity contribution is 5.89. The summed E-state index contributed by atoms with van der Waals surface area (Å²) in [5.74, 6) is 1.52. The average Bonchev–Trinajstić information content (AvgIpc) is 3.19. The van der Waals surface area contributed by atoms with Gasteiger partial charge in [0.05, 0.1) is 17.9 Å². The monoisotopic (exact) mass is 352 g/mol. The van der Waals surface area contributed by atoms with Gasteiger partial charge in [-0.1, -0.05) is 25.1 Å². The molecule has 0 radical (unpaired) electrons. The third-order valence-electron chi connectivity index (χ3n) is 4.43. The Hall–Kier alpha value is -3.09. The van der Waals surface area contributed by atoms with Crippen LogP contribution in [0.5, 0.6) is 0 Å². The summed E-state index contributed by atoms with van der Waals surface area (Å²) in [6.45, 7) is 4.47. The van der Waals surface area contributed by atoms with Crippen LogP contribution in [-0.4, -0.2) is 37.3 Å². The summed E-state index contributed by atoms with van der Waals surface area (Å²) >= 11 is 0. The van der Waals surface area contributed by atoms with Crippen molar-refractivity contribution in [2.75, 3.05) is 12.4 Å². The predicted molar refractivity (Wildman–Crippen MR) is 101 cm³/mol. The van der Waals surface area contributed by atoms with Crippen LogP contribution in [0.4, 0.5) is 10.6 Å². The summed E-state index contributed by atoms with van der Waals surface area (Å²) in [5, 5.41) is 7.68. The van der Waals surface area contributed by atoms with Crippen molar-refractivity contribution >= 4 is 11.8 Å². The van der Waals surface area contributed by atoms with E-state index >= 15 is 0 Å². The van der Waals surface area contributed by atoms with Crippen LogP contribution in [-0.2, 0) is 20.0 Å². The number of nitrogens with one attached hydrogen (secondary N) is 1. The number of rotatable bonds is 5. The molecule has 3 aromatic rings. The van der Waals surface area contributed by atoms with Crippen molar-refractivity contribution in [3.63, 3.8) is 0 Å². The molecule has 3 rings (SSSR count). The standard InChI is InChI=1S/C19H24N6O/c1-5-16-14(2)18(25(22-16)15-9-7-6-8-10-15)21-19(26)24(4)13-17-20-11-12-23(17)3/h6-12H,5,13H2,1-4H3,(H,21,26). The fourth-order valence-corrected chi connectivity index (χ4v) is 2.81. The first-order valence-corrected chi connectivity index (χ1v) is 8.63. The maximum Gasteiger partial charge on any atom is 0.323 e. The van der Waals surface area contributed by atoms with Crippen molar-refractivity contribution in [2.24, 2.45) is 7.05 Å². The average molecular weight is 352 g/mol. The fraction of sp³-hybridized carbons (Fsp3) is 0.316. The number of anilines is 1. The van der Waals surface area contributed by atoms with Gasteiger partial charge in [-0.2, -0.15) is 5.10 Å². The molecule has 0 atom stereocenters. The van der Waals surface area contributed by atoms with Crippen molar-refractivity contribution in [1.82, 2.24) is 24.2 Å². The summed E-state index contributed by atoms with van der Waals surface area (Å²) in [4.78, 5) is 18.6. The first-order chi connectivity index (χ1) is 12.5. The molecule has 26 heavy (non-hydrogen) atoms. The van der Waals surface area contributed by atoms with Gasteiger partial charge < -0.3 is 9.47 Å². The van der Waals surface area contributed by atoms with E-state index in [0.29, 0.717) is 12.4 Å². The Morgan fingerprint density at radius 3 is 2.62 bits per heavy atom. The topological polar surface area (TPSA) is 68.0 Å². The lowest BCUT2D eigenvalue weighted by molar-refractivity contribution is 0.219. The van der Waals surface area contributed by atoms with E-state index in [2.05, 4.69) is 22.3 Å². The van der Waals surface area contributed by atoms with Crippen molar-refractivity contribution in [3.05, 3.63) is 59.8 Å². The number of para-hydroxylation sites is 1. The molecule has 0 aliphatic heterocycles. The van der Waals surface area contributed by atoms with Crippen LogP contribution in [0.1, 0.15) is 24.0 Å². The molecule has 136 valence electrons. The molecule has 0 aliphatic carbocycles. The number of amides is 2. The van der Waals surface area contributed by atoms with Crippen LogP contribution >= 0.6 is 0 Å². The second kappa shape index (κ2) is 7.43. The van der Waals surface area contributed by atoms with Crippen LogP contribution < -0.4 is 5.32 Å². The van der Waals surface area contributed by atoms with E-state index in [-0.39, 0.29) is 6.03 Å². The van der Waals surface area contributed by atoms with Gasteiger partial charge in [0.2, 0.25) is 0 Å². The summed E-state index contributed by atoms with van der Waals surface area (Å²) < 4.78 is 3.69. The molecule has 0 bridgehead atoms. The van der Waals surface area contributed by atoms with E-state index in [9.17, 15) is 4.79 Å². The summed E-state index contributed by atoms with van der Waals surface area (Å²) in [6.07, 6.45) is 4.39. The number of nitrogens with zero attached hydrogens (tertiary/aromatic N) is 5. The Balaban J connectivity index is 1.85. The van der Waals surface area contributed by atoms with Gasteiger partial charge in [-0.15, -0.1) is 0 Å². The van der Waals surface area contributed by atoms with Gasteiger partial charge in [-0.25, -0.2) is 14.5 Å². The lowest BCUT2D eigenvalue weighted by atomic mass is 10.2. The zero-order valence-corrected chi connectivity index (χ0v) is 15.6. The molecule has 2 heterocycles. The zero-order valence-electron chi connectivity index (χ0n) is 15.6. The number of urea groups is 1. The Labute approximate surface area is 153 Å². The van der Waals surface area contributed by atoms with Crippen molar-refractivity contribution in [2.45, 2.75) is 26.8 Å². The van der Waals surface area contributed by atoms with Crippen LogP contribution in [0, 0.1) is 6.92 Å². The van der Waals surface area contributed by atoms with Crippen molar-refractivity contribution < 1.29 is 4.79 Å². The van der Waals surface area contributed by atoms with Gasteiger partial charge in [0.15, 0.2) is 0 Å². The summed E-state index contributed by atoms with van der Waals surface area (Å²) in [6, 6.07) is 9.61. The van der Waals surface area contributed by atoms with E-state index in [1.54, 1.807) is 22.8 Å². The largest absolute Gasteiger partial charge is 0.337 e. The van der Waals surface area contributed by atoms with Gasteiger partial charge in [-0.3, -0.25) is 5.32 Å². The van der Waals surface area contributed by atoms with E-state index < -0.39 is 0 Å². The van der Waals surface area contributed by atoms with Crippen molar-refractivity contribution in [1.29, 1.82) is 0 Å². The molecule has 0 saturated heterocycles. The van der Waals surface area contributed by atoms with E-state index in [0.717, 1.165) is 29.2 Å². The maximum atomic E-state index is 12.7. The van der Waals surface area contributed by atoms with Gasteiger partial charge in [-0.05, 0) is 25.5 Å². The van der Waals surface area contributed by atoms with E-state index in [1.165, 1.54) is 0 Å². The van der Waals surface area contributed by atoms with Crippen LogP contribution in [0.15, 0.2) is 42.7 Å². The van der Waals surface area contributed by atoms with Gasteiger partial charge in [0.25, 0.3) is 0 Å². The molecular weight excluding hydrogens is 328 g/mol. The van der Waals surface area contributed by atoms with Gasteiger partial charge in [0, 0.05) is 32.1 Å². The number of imidazole rings is 1. The minimum Gasteiger partial charge on any atom is -0.337 e. The number of carbonyl (C=O) groups excluding carboxylic acids is 1.